The van der Waals surface area contributed by atoms with Gasteiger partial charge in [-0.1, -0.05) is 0 Å². The monoisotopic (exact) mass is 240 g/mol. The van der Waals surface area contributed by atoms with E-state index in [4.69, 9.17) is 5.11 Å². The topological polar surface area (TPSA) is 69.6 Å². The predicted molar refractivity (Wildman–Crippen MR) is 46.8 cm³/mol. The first-order valence-electron chi connectivity index (χ1n) is 4.62. The zero-order valence-corrected chi connectivity index (χ0v) is 8.25. The van der Waals surface area contributed by atoms with Crippen LogP contribution in [0.15, 0.2) is 0 Å². The Kier molecular flexibility index (Phi) is 3.61. The molecular formula is C8H11F3N2O3. The second kappa shape index (κ2) is 4.58. The standard InChI is InChI=1S/C8H11F3N2O3/c9-8(10,11)1-2-12-7(16)13-3-5(4-13)6(14)15/h5H,1-4H2,(H,12,16)(H,14,15). The van der Waals surface area contributed by atoms with Crippen LogP contribution in [0.5, 0.6) is 0 Å². The Hall–Kier alpha value is -1.47. The number of alkyl halides is 3. The first kappa shape index (κ1) is 12.6. The maximum atomic E-state index is 11.7. The van der Waals surface area contributed by atoms with Crippen LogP contribution in [0, 0.1) is 5.92 Å². The Labute approximate surface area is 89.2 Å². The lowest BCUT2D eigenvalue weighted by atomic mass is 10.0. The predicted octanol–water partition coefficient (Wildman–Crippen LogP) is 0.665. The summed E-state index contributed by atoms with van der Waals surface area (Å²) in [5.74, 6) is -1.60. The summed E-state index contributed by atoms with van der Waals surface area (Å²) in [6, 6.07) is -0.651. The van der Waals surface area contributed by atoms with Gasteiger partial charge in [0.25, 0.3) is 0 Å². The van der Waals surface area contributed by atoms with Gasteiger partial charge in [-0.25, -0.2) is 4.79 Å². The highest BCUT2D eigenvalue weighted by atomic mass is 19.4. The minimum atomic E-state index is -4.30. The molecule has 0 aliphatic carbocycles. The summed E-state index contributed by atoms with van der Waals surface area (Å²) in [4.78, 5) is 22.7. The normalized spacial score (nSPS) is 16.8. The molecule has 1 aliphatic heterocycles. The Morgan fingerprint density at radius 3 is 2.38 bits per heavy atom. The van der Waals surface area contributed by atoms with E-state index in [9.17, 15) is 22.8 Å². The fourth-order valence-corrected chi connectivity index (χ4v) is 1.22. The molecule has 5 nitrogen and oxygen atoms in total. The van der Waals surface area contributed by atoms with Crippen LogP contribution in [0.3, 0.4) is 0 Å². The van der Waals surface area contributed by atoms with E-state index in [-0.39, 0.29) is 13.1 Å². The minimum Gasteiger partial charge on any atom is -0.481 e. The van der Waals surface area contributed by atoms with Crippen molar-refractivity contribution in [2.45, 2.75) is 12.6 Å². The second-order valence-corrected chi connectivity index (χ2v) is 3.54. The largest absolute Gasteiger partial charge is 0.481 e. The molecule has 2 N–H and O–H groups in total. The number of likely N-dealkylation sites (tertiary alicyclic amines) is 1. The van der Waals surface area contributed by atoms with Crippen LogP contribution >= 0.6 is 0 Å². The van der Waals surface area contributed by atoms with Gasteiger partial charge in [0.05, 0.1) is 12.3 Å². The van der Waals surface area contributed by atoms with E-state index in [2.05, 4.69) is 5.32 Å². The van der Waals surface area contributed by atoms with Crippen LogP contribution in [0.4, 0.5) is 18.0 Å². The molecule has 1 saturated heterocycles. The number of aliphatic carboxylic acids is 1. The van der Waals surface area contributed by atoms with Gasteiger partial charge in [0.2, 0.25) is 0 Å². The molecule has 1 aliphatic rings. The van der Waals surface area contributed by atoms with Crippen molar-refractivity contribution < 1.29 is 27.9 Å². The molecule has 0 aromatic rings. The van der Waals surface area contributed by atoms with E-state index in [0.29, 0.717) is 0 Å². The second-order valence-electron chi connectivity index (χ2n) is 3.54. The molecule has 92 valence electrons. The number of carbonyl (C=O) groups is 2. The van der Waals surface area contributed by atoms with Crippen molar-refractivity contribution in [3.63, 3.8) is 0 Å². The van der Waals surface area contributed by atoms with Crippen molar-refractivity contribution in [3.05, 3.63) is 0 Å². The summed E-state index contributed by atoms with van der Waals surface area (Å²) in [7, 11) is 0. The van der Waals surface area contributed by atoms with Gasteiger partial charge in [-0.05, 0) is 0 Å². The van der Waals surface area contributed by atoms with Crippen molar-refractivity contribution in [2.75, 3.05) is 19.6 Å². The third-order valence-electron chi connectivity index (χ3n) is 2.20. The van der Waals surface area contributed by atoms with Gasteiger partial charge in [-0.3, -0.25) is 4.79 Å². The number of carboxylic acid groups (broad SMARTS) is 1. The molecule has 0 saturated carbocycles. The maximum Gasteiger partial charge on any atom is 0.390 e. The average Bonchev–Trinajstić information content (AvgIpc) is 1.97. The van der Waals surface area contributed by atoms with Gasteiger partial charge < -0.3 is 15.3 Å². The van der Waals surface area contributed by atoms with E-state index >= 15 is 0 Å². The number of carboxylic acids is 1. The summed E-state index contributed by atoms with van der Waals surface area (Å²) < 4.78 is 35.2. The quantitative estimate of drug-likeness (QED) is 0.761. The zero-order valence-electron chi connectivity index (χ0n) is 8.25. The molecular weight excluding hydrogens is 229 g/mol. The fourth-order valence-electron chi connectivity index (χ4n) is 1.22. The van der Waals surface area contributed by atoms with Crippen molar-refractivity contribution in [3.8, 4) is 0 Å². The number of hydrogen-bond donors (Lipinski definition) is 2. The van der Waals surface area contributed by atoms with Crippen LogP contribution in [0.1, 0.15) is 6.42 Å². The van der Waals surface area contributed by atoms with Crippen molar-refractivity contribution >= 4 is 12.0 Å². The Bertz CT molecular complexity index is 287. The molecule has 0 atom stereocenters. The van der Waals surface area contributed by atoms with E-state index in [0.717, 1.165) is 4.90 Å². The molecule has 8 heteroatoms. The summed E-state index contributed by atoms with van der Waals surface area (Å²) in [5.41, 5.74) is 0. The Balaban J connectivity index is 2.16. The molecule has 0 unspecified atom stereocenters. The van der Waals surface area contributed by atoms with E-state index < -0.39 is 37.1 Å². The highest BCUT2D eigenvalue weighted by Gasteiger charge is 2.35. The van der Waals surface area contributed by atoms with E-state index in [1.165, 1.54) is 0 Å². The smallest absolute Gasteiger partial charge is 0.390 e. The molecule has 16 heavy (non-hydrogen) atoms. The van der Waals surface area contributed by atoms with Gasteiger partial charge in [0.1, 0.15) is 0 Å². The van der Waals surface area contributed by atoms with Crippen molar-refractivity contribution in [1.82, 2.24) is 10.2 Å². The molecule has 0 spiro atoms. The number of nitrogens with zero attached hydrogens (tertiary/aromatic N) is 1. The number of hydrogen-bond acceptors (Lipinski definition) is 2. The molecule has 0 bridgehead atoms. The van der Waals surface area contributed by atoms with Crippen LogP contribution in [0.2, 0.25) is 0 Å². The Morgan fingerprint density at radius 1 is 1.38 bits per heavy atom. The van der Waals surface area contributed by atoms with E-state index in [1.54, 1.807) is 0 Å². The highest BCUT2D eigenvalue weighted by molar-refractivity contribution is 5.79. The lowest BCUT2D eigenvalue weighted by Gasteiger charge is -2.36. The lowest BCUT2D eigenvalue weighted by molar-refractivity contribution is -0.146. The SMILES string of the molecule is O=C(O)C1CN(C(=O)NCCC(F)(F)F)C1. The fraction of sp³-hybridized carbons (Fsp3) is 0.750. The molecule has 2 amide bonds. The van der Waals surface area contributed by atoms with Gasteiger partial charge in [-0.2, -0.15) is 13.2 Å². The zero-order chi connectivity index (χ0) is 12.3. The van der Waals surface area contributed by atoms with Gasteiger partial charge in [-0.15, -0.1) is 0 Å². The summed E-state index contributed by atoms with van der Waals surface area (Å²) in [6.45, 7) is -0.392. The molecule has 0 aromatic carbocycles. The highest BCUT2D eigenvalue weighted by Crippen LogP contribution is 2.19. The van der Waals surface area contributed by atoms with Gasteiger partial charge in [0, 0.05) is 19.6 Å². The molecule has 1 heterocycles. The number of rotatable bonds is 3. The lowest BCUT2D eigenvalue weighted by Crippen LogP contribution is -2.56. The van der Waals surface area contributed by atoms with Crippen LogP contribution < -0.4 is 5.32 Å². The summed E-state index contributed by atoms with van der Waals surface area (Å²) in [6.07, 6.45) is -5.39. The average molecular weight is 240 g/mol. The van der Waals surface area contributed by atoms with E-state index in [1.807, 2.05) is 0 Å². The third kappa shape index (κ3) is 3.59. The van der Waals surface area contributed by atoms with Crippen molar-refractivity contribution in [2.24, 2.45) is 5.92 Å². The molecule has 0 radical (unpaired) electrons. The number of amides is 2. The van der Waals surface area contributed by atoms with Crippen LogP contribution in [-0.4, -0.2) is 47.8 Å². The third-order valence-corrected chi connectivity index (χ3v) is 2.20. The molecule has 0 aromatic heterocycles. The van der Waals surface area contributed by atoms with Crippen LogP contribution in [-0.2, 0) is 4.79 Å². The van der Waals surface area contributed by atoms with Crippen LogP contribution in [0.25, 0.3) is 0 Å². The van der Waals surface area contributed by atoms with Gasteiger partial charge >= 0.3 is 18.2 Å². The van der Waals surface area contributed by atoms with Gasteiger partial charge in [0.15, 0.2) is 0 Å². The number of nitrogens with one attached hydrogen (secondary N) is 1. The summed E-state index contributed by atoms with van der Waals surface area (Å²) in [5, 5.41) is 10.6. The summed E-state index contributed by atoms with van der Waals surface area (Å²) >= 11 is 0. The molecule has 1 fully saturated rings. The number of halogens is 3. The number of urea groups is 1. The van der Waals surface area contributed by atoms with Crippen molar-refractivity contribution in [1.29, 1.82) is 0 Å². The Morgan fingerprint density at radius 2 is 1.94 bits per heavy atom. The molecule has 1 rings (SSSR count). The minimum absolute atomic E-state index is 0.0488. The number of carbonyl (C=O) groups excluding carboxylic acids is 1. The maximum absolute atomic E-state index is 11.7. The first-order valence-corrected chi connectivity index (χ1v) is 4.62. The first-order chi connectivity index (χ1) is 7.29.